The zero-order chi connectivity index (χ0) is 26.0. The number of fused-ring (bicyclic) bond motifs is 1. The highest BCUT2D eigenvalue weighted by Crippen LogP contribution is 2.45. The van der Waals surface area contributed by atoms with E-state index >= 15 is 0 Å². The predicted octanol–water partition coefficient (Wildman–Crippen LogP) is 5.93. The number of nitrogens with one attached hydrogen (secondary N) is 1. The minimum atomic E-state index is -5.03. The Hall–Kier alpha value is -3.86. The maximum absolute atomic E-state index is 14.1. The van der Waals surface area contributed by atoms with Gasteiger partial charge in [0.1, 0.15) is 5.82 Å². The highest BCUT2D eigenvalue weighted by Gasteiger charge is 2.33. The van der Waals surface area contributed by atoms with Gasteiger partial charge in [-0.1, -0.05) is 6.07 Å². The third-order valence-corrected chi connectivity index (χ3v) is 6.33. The molecular weight excluding hydrogens is 500 g/mol. The van der Waals surface area contributed by atoms with Gasteiger partial charge < -0.3 is 19.9 Å². The minimum Gasteiger partial charge on any atom is -0.502 e. The molecule has 1 amide bonds. The third kappa shape index (κ3) is 5.51. The molecule has 1 heterocycles. The molecule has 0 radical (unpaired) electrons. The number of ether oxygens (including phenoxy) is 2. The molecule has 0 saturated carbocycles. The molecule has 4 rings (SSSR count). The standard InChI is InChI=1S/C25H20F4N2O4S/c1-13-18(5-14-6-21(34-2)24(33)22(7-14)35-25(27,28)29)17-4-3-15(26)8-20(17)19(13)9-23(32)31-11-16-10-30-12-36-16/h3-8,10,12,33H,9,11H2,1-2H3,(H,31,32)/b18-5-. The molecule has 0 saturated heterocycles. The van der Waals surface area contributed by atoms with E-state index in [-0.39, 0.29) is 23.6 Å². The normalized spacial score (nSPS) is 14.2. The summed E-state index contributed by atoms with van der Waals surface area (Å²) in [5, 5.41) is 12.9. The first-order chi connectivity index (χ1) is 17.1. The Morgan fingerprint density at radius 2 is 1.94 bits per heavy atom. The van der Waals surface area contributed by atoms with E-state index in [1.165, 1.54) is 36.6 Å². The monoisotopic (exact) mass is 520 g/mol. The number of hydrogen-bond donors (Lipinski definition) is 2. The van der Waals surface area contributed by atoms with Crippen LogP contribution in [0.2, 0.25) is 0 Å². The average Bonchev–Trinajstić information content (AvgIpc) is 3.41. The number of aromatic hydroxyl groups is 1. The molecule has 0 unspecified atom stereocenters. The topological polar surface area (TPSA) is 80.7 Å². The Bertz CT molecular complexity index is 1370. The number of rotatable bonds is 7. The van der Waals surface area contributed by atoms with Crippen molar-refractivity contribution in [3.63, 3.8) is 0 Å². The Morgan fingerprint density at radius 1 is 1.19 bits per heavy atom. The lowest BCUT2D eigenvalue weighted by molar-refractivity contribution is -0.275. The lowest BCUT2D eigenvalue weighted by Crippen LogP contribution is -2.22. The van der Waals surface area contributed by atoms with E-state index in [1.807, 2.05) is 0 Å². The molecule has 11 heteroatoms. The van der Waals surface area contributed by atoms with Crippen molar-refractivity contribution in [3.8, 4) is 17.2 Å². The second-order valence-electron chi connectivity index (χ2n) is 7.89. The van der Waals surface area contributed by atoms with Crippen molar-refractivity contribution in [1.29, 1.82) is 0 Å². The Balaban J connectivity index is 1.71. The van der Waals surface area contributed by atoms with E-state index in [4.69, 9.17) is 4.74 Å². The summed E-state index contributed by atoms with van der Waals surface area (Å²) in [5.41, 5.74) is 4.87. The smallest absolute Gasteiger partial charge is 0.502 e. The summed E-state index contributed by atoms with van der Waals surface area (Å²) in [6, 6.07) is 6.51. The minimum absolute atomic E-state index is 0.0280. The van der Waals surface area contributed by atoms with E-state index in [2.05, 4.69) is 15.0 Å². The number of carbonyl (C=O) groups excluding carboxylic acids is 1. The average molecular weight is 521 g/mol. The number of thiazole rings is 1. The number of alkyl halides is 3. The van der Waals surface area contributed by atoms with Crippen LogP contribution >= 0.6 is 11.3 Å². The number of allylic oxidation sites excluding steroid dienone is 2. The molecule has 1 aliphatic rings. The van der Waals surface area contributed by atoms with Gasteiger partial charge in [0, 0.05) is 11.1 Å². The zero-order valence-electron chi connectivity index (χ0n) is 19.1. The van der Waals surface area contributed by atoms with Crippen LogP contribution in [-0.4, -0.2) is 29.5 Å². The van der Waals surface area contributed by atoms with Crippen LogP contribution in [0.15, 0.2) is 47.6 Å². The predicted molar refractivity (Wildman–Crippen MR) is 127 cm³/mol. The molecule has 0 fully saturated rings. The third-order valence-electron chi connectivity index (χ3n) is 5.55. The fourth-order valence-electron chi connectivity index (χ4n) is 3.93. The summed E-state index contributed by atoms with van der Waals surface area (Å²) in [6.45, 7) is 2.06. The lowest BCUT2D eigenvalue weighted by atomic mass is 10.00. The van der Waals surface area contributed by atoms with Gasteiger partial charge in [0.25, 0.3) is 0 Å². The number of halogens is 4. The molecule has 1 aliphatic carbocycles. The van der Waals surface area contributed by atoms with Crippen molar-refractivity contribution in [2.75, 3.05) is 7.11 Å². The number of aromatic nitrogens is 1. The molecule has 0 spiro atoms. The van der Waals surface area contributed by atoms with Crippen LogP contribution in [0.1, 0.15) is 34.9 Å². The largest absolute Gasteiger partial charge is 0.573 e. The SMILES string of the molecule is COc1cc(/C=C2/C(C)=C(CC(=O)NCc3cncs3)c3cc(F)ccc32)cc(OC(F)(F)F)c1O. The van der Waals surface area contributed by atoms with Crippen molar-refractivity contribution < 1.29 is 36.9 Å². The fourth-order valence-corrected chi connectivity index (χ4v) is 4.46. The van der Waals surface area contributed by atoms with Gasteiger partial charge >= 0.3 is 6.36 Å². The van der Waals surface area contributed by atoms with Crippen LogP contribution in [0.5, 0.6) is 17.2 Å². The second-order valence-corrected chi connectivity index (χ2v) is 8.86. The van der Waals surface area contributed by atoms with E-state index in [0.29, 0.717) is 34.4 Å². The summed E-state index contributed by atoms with van der Waals surface area (Å²) >= 11 is 1.40. The number of nitrogens with zero attached hydrogens (tertiary/aromatic N) is 1. The van der Waals surface area contributed by atoms with Crippen LogP contribution in [0, 0.1) is 5.82 Å². The van der Waals surface area contributed by atoms with Crippen molar-refractivity contribution >= 4 is 34.5 Å². The highest BCUT2D eigenvalue weighted by molar-refractivity contribution is 7.09. The molecule has 188 valence electrons. The number of methoxy groups -OCH3 is 1. The summed E-state index contributed by atoms with van der Waals surface area (Å²) in [6.07, 6.45) is -1.83. The zero-order valence-corrected chi connectivity index (χ0v) is 19.9. The van der Waals surface area contributed by atoms with Gasteiger partial charge in [-0.25, -0.2) is 4.39 Å². The van der Waals surface area contributed by atoms with Gasteiger partial charge in [0.15, 0.2) is 11.5 Å². The summed E-state index contributed by atoms with van der Waals surface area (Å²) in [5.74, 6) is -2.60. The van der Waals surface area contributed by atoms with Crippen molar-refractivity contribution in [1.82, 2.24) is 10.3 Å². The maximum Gasteiger partial charge on any atom is 0.573 e. The van der Waals surface area contributed by atoms with Crippen LogP contribution in [0.25, 0.3) is 17.2 Å². The molecule has 6 nitrogen and oxygen atoms in total. The van der Waals surface area contributed by atoms with Crippen LogP contribution in [-0.2, 0) is 11.3 Å². The van der Waals surface area contributed by atoms with E-state index in [1.54, 1.807) is 30.8 Å². The number of phenols is 1. The first kappa shape index (κ1) is 25.2. The Kier molecular flexibility index (Phi) is 7.02. The van der Waals surface area contributed by atoms with Crippen molar-refractivity contribution in [2.24, 2.45) is 0 Å². The molecule has 36 heavy (non-hydrogen) atoms. The van der Waals surface area contributed by atoms with Crippen LogP contribution < -0.4 is 14.8 Å². The van der Waals surface area contributed by atoms with Crippen molar-refractivity contribution in [3.05, 3.63) is 75.0 Å². The number of amides is 1. The van der Waals surface area contributed by atoms with Gasteiger partial charge in [0.05, 0.1) is 25.6 Å². The molecular formula is C25H20F4N2O4S. The molecule has 2 N–H and O–H groups in total. The Labute approximate surface area is 207 Å². The number of carbonyl (C=O) groups is 1. The van der Waals surface area contributed by atoms with Gasteiger partial charge in [-0.15, -0.1) is 24.5 Å². The first-order valence-electron chi connectivity index (χ1n) is 10.6. The molecule has 2 aromatic carbocycles. The van der Waals surface area contributed by atoms with Gasteiger partial charge in [-0.3, -0.25) is 9.78 Å². The number of hydrogen-bond acceptors (Lipinski definition) is 6. The summed E-state index contributed by atoms with van der Waals surface area (Å²) in [4.78, 5) is 17.5. The molecule has 1 aromatic heterocycles. The van der Waals surface area contributed by atoms with Crippen LogP contribution in [0.3, 0.4) is 0 Å². The van der Waals surface area contributed by atoms with Gasteiger partial charge in [-0.05, 0) is 70.7 Å². The van der Waals surface area contributed by atoms with Gasteiger partial charge in [-0.2, -0.15) is 0 Å². The highest BCUT2D eigenvalue weighted by atomic mass is 32.1. The second kappa shape index (κ2) is 10.0. The maximum atomic E-state index is 14.1. The molecule has 0 atom stereocenters. The first-order valence-corrected chi connectivity index (χ1v) is 11.5. The summed E-state index contributed by atoms with van der Waals surface area (Å²) < 4.78 is 61.6. The Morgan fingerprint density at radius 3 is 2.61 bits per heavy atom. The number of benzene rings is 2. The molecule has 0 bridgehead atoms. The quantitative estimate of drug-likeness (QED) is 0.378. The van der Waals surface area contributed by atoms with Crippen molar-refractivity contribution in [2.45, 2.75) is 26.3 Å². The van der Waals surface area contributed by atoms with Gasteiger partial charge in [0.2, 0.25) is 11.7 Å². The van der Waals surface area contributed by atoms with E-state index in [0.717, 1.165) is 10.9 Å². The fraction of sp³-hybridized carbons (Fsp3) is 0.200. The van der Waals surface area contributed by atoms with Crippen LogP contribution in [0.4, 0.5) is 17.6 Å². The number of phenolic OH excluding ortho intramolecular Hbond substituents is 1. The molecule has 0 aliphatic heterocycles. The molecule has 3 aromatic rings. The summed E-state index contributed by atoms with van der Waals surface area (Å²) in [7, 11) is 1.20. The van der Waals surface area contributed by atoms with E-state index in [9.17, 15) is 27.5 Å². The van der Waals surface area contributed by atoms with E-state index < -0.39 is 23.7 Å². The lowest BCUT2D eigenvalue weighted by Gasteiger charge is -2.14.